The molecule has 1 unspecified atom stereocenters. The molecule has 0 radical (unpaired) electrons. The van der Waals surface area contributed by atoms with Gasteiger partial charge in [0.15, 0.2) is 0 Å². The fourth-order valence-corrected chi connectivity index (χ4v) is 3.30. The van der Waals surface area contributed by atoms with E-state index in [9.17, 15) is 13.2 Å². The van der Waals surface area contributed by atoms with Crippen LogP contribution in [-0.4, -0.2) is 16.4 Å². The van der Waals surface area contributed by atoms with Gasteiger partial charge in [-0.1, -0.05) is 30.4 Å². The molecule has 1 atom stereocenters. The van der Waals surface area contributed by atoms with E-state index in [1.54, 1.807) is 6.08 Å². The maximum Gasteiger partial charge on any atom is 0.395 e. The predicted molar refractivity (Wildman–Crippen MR) is 86.6 cm³/mol. The van der Waals surface area contributed by atoms with Crippen LogP contribution in [0.3, 0.4) is 0 Å². The number of hydrogen-bond donors (Lipinski definition) is 2. The van der Waals surface area contributed by atoms with E-state index in [0.717, 1.165) is 29.1 Å². The summed E-state index contributed by atoms with van der Waals surface area (Å²) >= 11 is 0. The molecule has 0 saturated carbocycles. The van der Waals surface area contributed by atoms with E-state index in [-0.39, 0.29) is 6.42 Å². The van der Waals surface area contributed by atoms with E-state index in [1.807, 2.05) is 12.1 Å². The number of nitrogens with one attached hydrogen (secondary N) is 2. The normalized spacial score (nSPS) is 19.0. The topological polar surface area (TPSA) is 40.7 Å². The van der Waals surface area contributed by atoms with Crippen molar-refractivity contribution in [3.8, 4) is 11.3 Å². The van der Waals surface area contributed by atoms with Crippen LogP contribution in [0.2, 0.25) is 0 Å². The number of aromatic nitrogens is 2. The standard InChI is InChI=1S/C18H16F3N3/c1-10-3-2-4-13-14(10)9-15-16(13)23-24-17(15)22-12-7-5-11(6-8-12)18(19,20)21/h2-5,7-8,11H,6,9H2,1H3,(H2,22,23,24). The van der Waals surface area contributed by atoms with Gasteiger partial charge in [-0.2, -0.15) is 18.3 Å². The highest BCUT2D eigenvalue weighted by molar-refractivity contribution is 5.79. The minimum atomic E-state index is -4.19. The number of allylic oxidation sites excluding steroid dienone is 3. The van der Waals surface area contributed by atoms with Crippen molar-refractivity contribution >= 4 is 5.82 Å². The number of hydrogen-bond acceptors (Lipinski definition) is 2. The Kier molecular flexibility index (Phi) is 3.30. The number of alkyl halides is 3. The number of rotatable bonds is 2. The Morgan fingerprint density at radius 2 is 2.08 bits per heavy atom. The van der Waals surface area contributed by atoms with Crippen molar-refractivity contribution in [2.45, 2.75) is 25.9 Å². The highest BCUT2D eigenvalue weighted by Crippen LogP contribution is 2.40. The van der Waals surface area contributed by atoms with Gasteiger partial charge in [0.25, 0.3) is 0 Å². The van der Waals surface area contributed by atoms with Crippen LogP contribution >= 0.6 is 0 Å². The Bertz CT molecular complexity index is 859. The quantitative estimate of drug-likeness (QED) is 0.713. The Hall–Kier alpha value is -2.50. The van der Waals surface area contributed by atoms with Gasteiger partial charge in [-0.3, -0.25) is 5.10 Å². The van der Waals surface area contributed by atoms with Gasteiger partial charge in [-0.15, -0.1) is 0 Å². The summed E-state index contributed by atoms with van der Waals surface area (Å²) in [5.41, 5.74) is 6.25. The van der Waals surface area contributed by atoms with Gasteiger partial charge in [0.05, 0.1) is 11.6 Å². The molecular weight excluding hydrogens is 315 g/mol. The zero-order chi connectivity index (χ0) is 16.9. The summed E-state index contributed by atoms with van der Waals surface area (Å²) in [6.45, 7) is 2.07. The lowest BCUT2D eigenvalue weighted by atomic mass is 9.99. The molecule has 0 saturated heterocycles. The number of aromatic amines is 1. The molecule has 6 heteroatoms. The fraction of sp³-hybridized carbons (Fsp3) is 0.278. The summed E-state index contributed by atoms with van der Waals surface area (Å²) in [7, 11) is 0. The second-order valence-corrected chi connectivity index (χ2v) is 6.23. The number of nitrogens with zero attached hydrogens (tertiary/aromatic N) is 1. The third-order valence-electron chi connectivity index (χ3n) is 4.68. The van der Waals surface area contributed by atoms with E-state index >= 15 is 0 Å². The number of H-pyrrole nitrogens is 1. The number of anilines is 1. The molecule has 0 amide bonds. The molecule has 2 N–H and O–H groups in total. The van der Waals surface area contributed by atoms with Gasteiger partial charge in [0.2, 0.25) is 0 Å². The molecule has 0 bridgehead atoms. The minimum absolute atomic E-state index is 0.0437. The molecule has 0 fully saturated rings. The average molecular weight is 331 g/mol. The van der Waals surface area contributed by atoms with Crippen molar-refractivity contribution in [3.63, 3.8) is 0 Å². The smallest absolute Gasteiger partial charge is 0.341 e. The maximum absolute atomic E-state index is 12.7. The molecule has 0 aliphatic heterocycles. The molecule has 1 aromatic heterocycles. The number of benzene rings is 1. The van der Waals surface area contributed by atoms with Crippen molar-refractivity contribution < 1.29 is 13.2 Å². The van der Waals surface area contributed by atoms with Crippen molar-refractivity contribution in [2.24, 2.45) is 5.92 Å². The number of fused-ring (bicyclic) bond motifs is 3. The van der Waals surface area contributed by atoms with Crippen molar-refractivity contribution in [2.75, 3.05) is 5.32 Å². The van der Waals surface area contributed by atoms with Gasteiger partial charge >= 0.3 is 6.18 Å². The van der Waals surface area contributed by atoms with Crippen LogP contribution < -0.4 is 5.32 Å². The zero-order valence-corrected chi connectivity index (χ0v) is 13.0. The highest BCUT2D eigenvalue weighted by Gasteiger charge is 2.37. The first-order valence-corrected chi connectivity index (χ1v) is 7.81. The summed E-state index contributed by atoms with van der Waals surface area (Å²) in [5, 5.41) is 10.5. The van der Waals surface area contributed by atoms with Crippen LogP contribution in [0.4, 0.5) is 19.0 Å². The lowest BCUT2D eigenvalue weighted by molar-refractivity contribution is -0.160. The fourth-order valence-electron chi connectivity index (χ4n) is 3.30. The van der Waals surface area contributed by atoms with Crippen LogP contribution in [0, 0.1) is 12.8 Å². The van der Waals surface area contributed by atoms with Crippen molar-refractivity contribution in [1.82, 2.24) is 10.2 Å². The molecule has 24 heavy (non-hydrogen) atoms. The first-order valence-electron chi connectivity index (χ1n) is 7.81. The van der Waals surface area contributed by atoms with Crippen molar-refractivity contribution in [3.05, 3.63) is 58.8 Å². The molecular formula is C18H16F3N3. The predicted octanol–water partition coefficient (Wildman–Crippen LogP) is 4.72. The third-order valence-corrected chi connectivity index (χ3v) is 4.68. The van der Waals surface area contributed by atoms with Gasteiger partial charge in [-0.05, 0) is 30.5 Å². The van der Waals surface area contributed by atoms with Gasteiger partial charge < -0.3 is 5.32 Å². The molecule has 1 heterocycles. The largest absolute Gasteiger partial charge is 0.395 e. The minimum Gasteiger partial charge on any atom is -0.341 e. The van der Waals surface area contributed by atoms with Gasteiger partial charge in [-0.25, -0.2) is 0 Å². The maximum atomic E-state index is 12.7. The zero-order valence-electron chi connectivity index (χ0n) is 13.0. The molecule has 4 rings (SSSR count). The summed E-state index contributed by atoms with van der Waals surface area (Å²) in [6, 6.07) is 6.13. The summed E-state index contributed by atoms with van der Waals surface area (Å²) < 4.78 is 38.1. The van der Waals surface area contributed by atoms with E-state index < -0.39 is 12.1 Å². The van der Waals surface area contributed by atoms with Crippen LogP contribution in [0.1, 0.15) is 23.1 Å². The summed E-state index contributed by atoms with van der Waals surface area (Å²) in [4.78, 5) is 0. The number of halogens is 3. The van der Waals surface area contributed by atoms with Crippen molar-refractivity contribution in [1.29, 1.82) is 0 Å². The second-order valence-electron chi connectivity index (χ2n) is 6.23. The Balaban J connectivity index is 1.56. The van der Waals surface area contributed by atoms with Crippen LogP contribution in [0.15, 0.2) is 42.1 Å². The molecule has 124 valence electrons. The first kappa shape index (κ1) is 15.1. The lowest BCUT2D eigenvalue weighted by Gasteiger charge is -2.19. The Morgan fingerprint density at radius 3 is 2.79 bits per heavy atom. The lowest BCUT2D eigenvalue weighted by Crippen LogP contribution is -2.22. The second kappa shape index (κ2) is 5.26. The molecule has 2 aromatic rings. The molecule has 1 aromatic carbocycles. The van der Waals surface area contributed by atoms with Gasteiger partial charge in [0, 0.05) is 23.2 Å². The molecule has 2 aliphatic rings. The highest BCUT2D eigenvalue weighted by atomic mass is 19.4. The van der Waals surface area contributed by atoms with Crippen LogP contribution in [0.5, 0.6) is 0 Å². The molecule has 2 aliphatic carbocycles. The molecule has 3 nitrogen and oxygen atoms in total. The SMILES string of the molecule is Cc1cccc2c1Cc1c-2n[nH]c1NC1=CCC(C(F)(F)F)C=C1. The van der Waals surface area contributed by atoms with E-state index in [0.29, 0.717) is 5.70 Å². The first-order chi connectivity index (χ1) is 11.4. The average Bonchev–Trinajstić information content (AvgIpc) is 3.09. The molecule has 0 spiro atoms. The monoisotopic (exact) mass is 331 g/mol. The third kappa shape index (κ3) is 2.42. The van der Waals surface area contributed by atoms with E-state index in [4.69, 9.17) is 0 Å². The Labute approximate surface area is 137 Å². The van der Waals surface area contributed by atoms with E-state index in [1.165, 1.54) is 23.3 Å². The van der Waals surface area contributed by atoms with Gasteiger partial charge in [0.1, 0.15) is 5.82 Å². The van der Waals surface area contributed by atoms with E-state index in [2.05, 4.69) is 28.5 Å². The van der Waals surface area contributed by atoms with Crippen LogP contribution in [0.25, 0.3) is 11.3 Å². The Morgan fingerprint density at radius 1 is 1.25 bits per heavy atom. The summed E-state index contributed by atoms with van der Waals surface area (Å²) in [5.74, 6) is -0.649. The van der Waals surface area contributed by atoms with Crippen LogP contribution in [-0.2, 0) is 6.42 Å². The number of aryl methyl sites for hydroxylation is 1. The summed E-state index contributed by atoms with van der Waals surface area (Å²) in [6.07, 6.45) is 0.821.